The Morgan fingerprint density at radius 2 is 1.61 bits per heavy atom. The van der Waals surface area contributed by atoms with E-state index in [0.29, 0.717) is 0 Å². The van der Waals surface area contributed by atoms with Gasteiger partial charge in [0.25, 0.3) is 0 Å². The maximum atomic E-state index is 2.61. The fourth-order valence-electron chi connectivity index (χ4n) is 28.2. The quantitative estimate of drug-likeness (QED) is 0.610. The molecule has 0 heterocycles. The number of hydrogen-bond acceptors (Lipinski definition) is 0. The Hall–Kier alpha value is 0. The highest BCUT2D eigenvalue weighted by Crippen LogP contribution is 3.50. The van der Waals surface area contributed by atoms with Gasteiger partial charge in [0.15, 0.2) is 0 Å². The third kappa shape index (κ3) is 0.332. The first-order chi connectivity index (χ1) is 15.3. The van der Waals surface area contributed by atoms with Crippen LogP contribution in [0.5, 0.6) is 0 Å². The molecule has 0 N–H and O–H groups in total. The first-order valence-corrected chi connectivity index (χ1v) is 15.3. The third-order valence-corrected chi connectivity index (χ3v) is 23.3. The van der Waals surface area contributed by atoms with Crippen LogP contribution in [0.2, 0.25) is 0 Å². The lowest BCUT2D eigenvalue weighted by Gasteiger charge is -3.49. The van der Waals surface area contributed by atoms with Crippen LogP contribution >= 0.6 is 0 Å². The lowest BCUT2D eigenvalue weighted by molar-refractivity contribution is -1.04. The molecular weight excluding hydrogens is 372 g/mol. The Balaban J connectivity index is 1.09. The second-order valence-electron chi connectivity index (χ2n) is 18.5. The monoisotopic (exact) mass is 400 g/mol. The topological polar surface area (TPSA) is 0 Å². The molecule has 31 heavy (non-hydrogen) atoms. The average molecular weight is 401 g/mol. The van der Waals surface area contributed by atoms with Gasteiger partial charge in [-0.05, 0) is 169 Å². The fourth-order valence-corrected chi connectivity index (χ4v) is 28.2. The van der Waals surface area contributed by atoms with Gasteiger partial charge in [-0.15, -0.1) is 0 Å². The van der Waals surface area contributed by atoms with Gasteiger partial charge < -0.3 is 0 Å². The van der Waals surface area contributed by atoms with Crippen LogP contribution < -0.4 is 0 Å². The molecule has 0 radical (unpaired) electrons. The van der Waals surface area contributed by atoms with Crippen molar-refractivity contribution >= 4 is 0 Å². The van der Waals surface area contributed by atoms with Crippen molar-refractivity contribution in [3.63, 3.8) is 0 Å². The van der Waals surface area contributed by atoms with E-state index in [1.807, 2.05) is 6.42 Å². The summed E-state index contributed by atoms with van der Waals surface area (Å²) in [6, 6.07) is 0. The largest absolute Gasteiger partial charge is 0.0651 e. The standard InChI is InChI=1S/C31H28/c1-2-9-13-11-5-12-19-22-7-8-6-21-4-3-10-15-18-17-14(9)24(13)23(11,12)29(19)27(17,24)28(18)25(15)16(10)20(21)30(25,26(8,21)22)31(22,28)29/h8-20H,2-7H2,1H3/t8?,9-,10?,11+,12?,13-,14+,15?,16?,17?,18?,19?,20?,21?,22+,23?,24?,25-,26+,27?,28-,29?,30?,31?/m0/s1. The molecule has 18 aliphatic carbocycles. The second kappa shape index (κ2) is 2.05. The zero-order valence-corrected chi connectivity index (χ0v) is 18.2. The van der Waals surface area contributed by atoms with Crippen LogP contribution in [0.1, 0.15) is 45.4 Å². The molecule has 11 spiro atoms. The molecule has 0 bridgehead atoms. The van der Waals surface area contributed by atoms with Gasteiger partial charge >= 0.3 is 0 Å². The van der Waals surface area contributed by atoms with Crippen molar-refractivity contribution in [1.29, 1.82) is 0 Å². The molecular formula is C31H28. The average Bonchev–Trinajstić information content (AvgIpc) is 2.65. The van der Waals surface area contributed by atoms with Gasteiger partial charge in [-0.2, -0.15) is 0 Å². The summed E-state index contributed by atoms with van der Waals surface area (Å²) in [4.78, 5) is 0. The van der Waals surface area contributed by atoms with E-state index in [2.05, 4.69) is 6.92 Å². The molecule has 18 aliphatic rings. The Morgan fingerprint density at radius 1 is 0.710 bits per heavy atom. The van der Waals surface area contributed by atoms with Crippen molar-refractivity contribution in [2.24, 2.45) is 136 Å². The van der Waals surface area contributed by atoms with Crippen LogP contribution in [0.25, 0.3) is 0 Å². The van der Waals surface area contributed by atoms with Crippen molar-refractivity contribution in [2.75, 3.05) is 0 Å². The maximum Gasteiger partial charge on any atom is -0.00192 e. The molecule has 16 unspecified atom stereocenters. The van der Waals surface area contributed by atoms with Gasteiger partial charge in [-0.25, -0.2) is 0 Å². The van der Waals surface area contributed by atoms with E-state index in [9.17, 15) is 0 Å². The summed E-state index contributed by atoms with van der Waals surface area (Å²) in [6.45, 7) is 2.61. The molecule has 0 aromatic carbocycles. The van der Waals surface area contributed by atoms with E-state index in [4.69, 9.17) is 0 Å². The van der Waals surface area contributed by atoms with Crippen LogP contribution in [-0.4, -0.2) is 0 Å². The highest BCUT2D eigenvalue weighted by Gasteiger charge is 3.48. The summed E-state index contributed by atoms with van der Waals surface area (Å²) in [5.41, 5.74) is 11.8. The van der Waals surface area contributed by atoms with Gasteiger partial charge in [0.05, 0.1) is 0 Å². The fraction of sp³-hybridized carbons (Fsp3) is 1.00. The van der Waals surface area contributed by atoms with Gasteiger partial charge in [0.1, 0.15) is 0 Å². The molecule has 18 saturated carbocycles. The lowest BCUT2D eigenvalue weighted by atomic mass is 8.54. The number of fused-ring (bicyclic) bond motifs is 6. The van der Waals surface area contributed by atoms with E-state index in [-0.39, 0.29) is 0 Å². The predicted octanol–water partition coefficient (Wildman–Crippen LogP) is 4.45. The Bertz CT molecular complexity index is 1510. The Morgan fingerprint density at radius 3 is 2.52 bits per heavy atom. The summed E-state index contributed by atoms with van der Waals surface area (Å²) >= 11 is 0. The summed E-state index contributed by atoms with van der Waals surface area (Å²) in [5, 5.41) is 0. The van der Waals surface area contributed by atoms with Crippen molar-refractivity contribution in [2.45, 2.75) is 45.4 Å². The minimum atomic E-state index is 1.00. The minimum Gasteiger partial charge on any atom is -0.0651 e. The van der Waals surface area contributed by atoms with Crippen molar-refractivity contribution in [3.05, 3.63) is 0 Å². The predicted molar refractivity (Wildman–Crippen MR) is 106 cm³/mol. The minimum absolute atomic E-state index is 1.00. The molecule has 18 fully saturated rings. The Kier molecular flexibility index (Phi) is 0.800. The van der Waals surface area contributed by atoms with E-state index < -0.39 is 0 Å². The van der Waals surface area contributed by atoms with Crippen LogP contribution in [0.3, 0.4) is 0 Å². The molecule has 0 aliphatic heterocycles. The maximum absolute atomic E-state index is 2.61. The molecule has 0 saturated heterocycles. The SMILES string of the molecule is CC[C@H]1[C@H]2[C@H]3CC4C5C67C43C23[C@H]1C1C2C4C8CCC9%10CC%11C[C@@]5%12C65C6(C9C8[C@]46[C@]25C137)[C@]%11%10%12. The van der Waals surface area contributed by atoms with Gasteiger partial charge in [0, 0.05) is 0 Å². The smallest absolute Gasteiger partial charge is 0.00192 e. The second-order valence-corrected chi connectivity index (χ2v) is 18.5. The van der Waals surface area contributed by atoms with Gasteiger partial charge in [0.2, 0.25) is 0 Å². The zero-order valence-electron chi connectivity index (χ0n) is 18.2. The van der Waals surface area contributed by atoms with Gasteiger partial charge in [-0.3, -0.25) is 0 Å². The van der Waals surface area contributed by atoms with Crippen LogP contribution in [0.4, 0.5) is 0 Å². The van der Waals surface area contributed by atoms with Crippen molar-refractivity contribution in [1.82, 2.24) is 0 Å². The highest BCUT2D eigenvalue weighted by molar-refractivity contribution is 5.93. The van der Waals surface area contributed by atoms with Crippen LogP contribution in [-0.2, 0) is 0 Å². The van der Waals surface area contributed by atoms with Crippen molar-refractivity contribution in [3.8, 4) is 0 Å². The first kappa shape index (κ1) is 12.1. The summed E-state index contributed by atoms with van der Waals surface area (Å²) in [7, 11) is 0. The zero-order chi connectivity index (χ0) is 18.2. The molecule has 24 atom stereocenters. The van der Waals surface area contributed by atoms with Gasteiger partial charge in [-0.1, -0.05) is 13.3 Å². The molecule has 0 aromatic rings. The van der Waals surface area contributed by atoms with E-state index in [0.717, 1.165) is 59.6 Å². The summed E-state index contributed by atoms with van der Waals surface area (Å²) < 4.78 is 0. The third-order valence-electron chi connectivity index (χ3n) is 23.3. The van der Waals surface area contributed by atoms with E-state index in [1.165, 1.54) is 76.9 Å². The Labute approximate surface area is 182 Å². The first-order valence-electron chi connectivity index (χ1n) is 15.3. The normalized spacial score (nSPS) is 118. The summed E-state index contributed by atoms with van der Waals surface area (Å²) in [6.07, 6.45) is 10.5. The number of rotatable bonds is 1. The molecule has 152 valence electrons. The highest BCUT2D eigenvalue weighted by atomic mass is 15.5. The molecule has 0 amide bonds. The van der Waals surface area contributed by atoms with E-state index >= 15 is 0 Å². The molecule has 0 heteroatoms. The number of hydrogen-bond donors (Lipinski definition) is 0. The molecule has 0 aromatic heterocycles. The molecule has 0 nitrogen and oxygen atoms in total. The van der Waals surface area contributed by atoms with Crippen LogP contribution in [0, 0.1) is 136 Å². The van der Waals surface area contributed by atoms with Crippen LogP contribution in [0.15, 0.2) is 0 Å². The lowest BCUT2D eigenvalue weighted by Crippen LogP contribution is -3.47. The summed E-state index contributed by atoms with van der Waals surface area (Å²) in [5.74, 6) is 17.2. The van der Waals surface area contributed by atoms with E-state index in [1.54, 1.807) is 32.1 Å². The molecule has 18 rings (SSSR count). The van der Waals surface area contributed by atoms with Crippen molar-refractivity contribution < 1.29 is 0 Å².